The first-order valence-electron chi connectivity index (χ1n) is 6.35. The number of carbonyl (C=O) groups excluding carboxylic acids is 2. The Morgan fingerprint density at radius 1 is 1.20 bits per heavy atom. The Kier molecular flexibility index (Phi) is 4.29. The first kappa shape index (κ1) is 14.4. The molecule has 1 aromatic carbocycles. The number of benzene rings is 1. The van der Waals surface area contributed by atoms with Gasteiger partial charge in [-0.15, -0.1) is 11.3 Å². The zero-order valence-electron chi connectivity index (χ0n) is 11.6. The second-order valence-corrected chi connectivity index (χ2v) is 5.70. The lowest BCUT2D eigenvalue weighted by Gasteiger charge is -2.04. The van der Waals surface area contributed by atoms with Crippen LogP contribution in [-0.2, 0) is 0 Å². The number of amides is 1. The molecule has 2 rings (SSSR count). The number of carbonyl (C=O) groups is 2. The Morgan fingerprint density at radius 3 is 2.35 bits per heavy atom. The van der Waals surface area contributed by atoms with Crippen molar-refractivity contribution in [1.29, 1.82) is 0 Å². The average molecular weight is 288 g/mol. The molecule has 0 radical (unpaired) electrons. The van der Waals surface area contributed by atoms with Gasteiger partial charge >= 0.3 is 0 Å². The van der Waals surface area contributed by atoms with Crippen molar-refractivity contribution >= 4 is 28.7 Å². The summed E-state index contributed by atoms with van der Waals surface area (Å²) in [6, 6.07) is 6.81. The largest absolute Gasteiger partial charge is 0.321 e. The lowest BCUT2D eigenvalue weighted by Crippen LogP contribution is -2.12. The van der Waals surface area contributed by atoms with Crippen molar-refractivity contribution in [3.05, 3.63) is 45.9 Å². The molecule has 4 nitrogen and oxygen atoms in total. The molecule has 0 aliphatic rings. The van der Waals surface area contributed by atoms with Crippen molar-refractivity contribution in [3.8, 4) is 0 Å². The minimum Gasteiger partial charge on any atom is -0.321 e. The van der Waals surface area contributed by atoms with Gasteiger partial charge in [0.15, 0.2) is 5.78 Å². The minimum atomic E-state index is -0.233. The molecule has 0 saturated heterocycles. The van der Waals surface area contributed by atoms with Gasteiger partial charge in [-0.2, -0.15) is 0 Å². The average Bonchev–Trinajstić information content (AvgIpc) is 2.89. The van der Waals surface area contributed by atoms with Gasteiger partial charge < -0.3 is 5.32 Å². The molecule has 0 unspecified atom stereocenters. The number of hydrogen-bond donors (Lipinski definition) is 1. The smallest absolute Gasteiger partial charge is 0.275 e. The lowest BCUT2D eigenvalue weighted by atomic mass is 10.1. The fraction of sp³-hybridized carbons (Fsp3) is 0.267. The molecular weight excluding hydrogens is 272 g/mol. The van der Waals surface area contributed by atoms with Crippen molar-refractivity contribution in [2.45, 2.75) is 26.7 Å². The van der Waals surface area contributed by atoms with Crippen molar-refractivity contribution in [2.75, 3.05) is 5.32 Å². The maximum Gasteiger partial charge on any atom is 0.275 e. The summed E-state index contributed by atoms with van der Waals surface area (Å²) in [5.74, 6) is 0.0871. The monoisotopic (exact) mass is 288 g/mol. The van der Waals surface area contributed by atoms with E-state index < -0.39 is 0 Å². The van der Waals surface area contributed by atoms with E-state index in [1.807, 2.05) is 13.8 Å². The number of thiazole rings is 1. The summed E-state index contributed by atoms with van der Waals surface area (Å²) in [6.07, 6.45) is 0. The molecule has 0 spiro atoms. The Hall–Kier alpha value is -2.01. The molecular formula is C15H16N2O2S. The van der Waals surface area contributed by atoms with Gasteiger partial charge in [0.05, 0.1) is 5.01 Å². The van der Waals surface area contributed by atoms with E-state index in [0.29, 0.717) is 22.9 Å². The third-order valence-corrected chi connectivity index (χ3v) is 3.94. The minimum absolute atomic E-state index is 0.00366. The summed E-state index contributed by atoms with van der Waals surface area (Å²) in [5, 5.41) is 5.48. The van der Waals surface area contributed by atoms with Gasteiger partial charge in [0.2, 0.25) is 0 Å². The van der Waals surface area contributed by atoms with Crippen LogP contribution in [-0.4, -0.2) is 16.7 Å². The van der Waals surface area contributed by atoms with Gasteiger partial charge in [-0.25, -0.2) is 4.98 Å². The number of nitrogens with zero attached hydrogens (tertiary/aromatic N) is 1. The summed E-state index contributed by atoms with van der Waals surface area (Å²) >= 11 is 1.49. The van der Waals surface area contributed by atoms with Crippen molar-refractivity contribution in [1.82, 2.24) is 4.98 Å². The zero-order chi connectivity index (χ0) is 14.7. The number of ketones is 1. The zero-order valence-corrected chi connectivity index (χ0v) is 12.5. The second-order valence-electron chi connectivity index (χ2n) is 4.81. The molecule has 0 aliphatic carbocycles. The summed E-state index contributed by atoms with van der Waals surface area (Å²) in [5.41, 5.74) is 1.70. The molecule has 0 fully saturated rings. The van der Waals surface area contributed by atoms with E-state index in [4.69, 9.17) is 0 Å². The fourth-order valence-corrected chi connectivity index (χ4v) is 2.46. The second kappa shape index (κ2) is 5.96. The molecule has 0 saturated carbocycles. The number of nitrogens with one attached hydrogen (secondary N) is 1. The molecule has 5 heteroatoms. The molecule has 0 atom stereocenters. The standard InChI is InChI=1S/C15H16N2O2S/c1-9(2)15-17-13(8-20-15)14(19)16-12-6-4-11(5-7-12)10(3)18/h4-9H,1-3H3,(H,16,19). The highest BCUT2D eigenvalue weighted by molar-refractivity contribution is 7.09. The quantitative estimate of drug-likeness (QED) is 0.872. The normalized spacial score (nSPS) is 10.6. The van der Waals surface area contributed by atoms with Gasteiger partial charge in [0.25, 0.3) is 5.91 Å². The summed E-state index contributed by atoms with van der Waals surface area (Å²) in [6.45, 7) is 5.60. The Morgan fingerprint density at radius 2 is 1.85 bits per heavy atom. The first-order chi connectivity index (χ1) is 9.47. The van der Waals surface area contributed by atoms with Crippen LogP contribution >= 0.6 is 11.3 Å². The summed E-state index contributed by atoms with van der Waals surface area (Å²) < 4.78 is 0. The highest BCUT2D eigenvalue weighted by atomic mass is 32.1. The van der Waals surface area contributed by atoms with E-state index in [1.165, 1.54) is 18.3 Å². The van der Waals surface area contributed by atoms with E-state index in [2.05, 4.69) is 10.3 Å². The van der Waals surface area contributed by atoms with E-state index in [1.54, 1.807) is 29.6 Å². The van der Waals surface area contributed by atoms with Gasteiger partial charge in [-0.3, -0.25) is 9.59 Å². The Labute approximate surface area is 121 Å². The Balaban J connectivity index is 2.08. The predicted molar refractivity (Wildman–Crippen MR) is 80.6 cm³/mol. The van der Waals surface area contributed by atoms with Crippen LogP contribution in [0.25, 0.3) is 0 Å². The van der Waals surface area contributed by atoms with Crippen molar-refractivity contribution in [3.63, 3.8) is 0 Å². The number of rotatable bonds is 4. The van der Waals surface area contributed by atoms with Crippen LogP contribution < -0.4 is 5.32 Å². The highest BCUT2D eigenvalue weighted by Gasteiger charge is 2.12. The van der Waals surface area contributed by atoms with Crippen LogP contribution in [0.3, 0.4) is 0 Å². The summed E-state index contributed by atoms with van der Waals surface area (Å²) in [7, 11) is 0. The molecule has 20 heavy (non-hydrogen) atoms. The van der Waals surface area contributed by atoms with Crippen molar-refractivity contribution < 1.29 is 9.59 Å². The van der Waals surface area contributed by atoms with E-state index in [-0.39, 0.29) is 11.7 Å². The Bertz CT molecular complexity index is 630. The lowest BCUT2D eigenvalue weighted by molar-refractivity contribution is 0.101. The fourth-order valence-electron chi connectivity index (χ4n) is 1.64. The number of anilines is 1. The van der Waals surface area contributed by atoms with Gasteiger partial charge in [-0.05, 0) is 31.2 Å². The van der Waals surface area contributed by atoms with Crippen LogP contribution in [0.5, 0.6) is 0 Å². The topological polar surface area (TPSA) is 59.1 Å². The van der Waals surface area contributed by atoms with E-state index in [0.717, 1.165) is 5.01 Å². The summed E-state index contributed by atoms with van der Waals surface area (Å²) in [4.78, 5) is 27.5. The molecule has 1 heterocycles. The molecule has 0 bridgehead atoms. The predicted octanol–water partition coefficient (Wildman–Crippen LogP) is 3.72. The molecule has 1 amide bonds. The van der Waals surface area contributed by atoms with Crippen LogP contribution in [0.15, 0.2) is 29.6 Å². The maximum atomic E-state index is 12.0. The van der Waals surface area contributed by atoms with Gasteiger partial charge in [-0.1, -0.05) is 13.8 Å². The van der Waals surface area contributed by atoms with Crippen LogP contribution in [0.4, 0.5) is 5.69 Å². The number of Topliss-reactive ketones (excluding diaryl/α,β-unsaturated/α-hetero) is 1. The number of hydrogen-bond acceptors (Lipinski definition) is 4. The van der Waals surface area contributed by atoms with Crippen LogP contribution in [0.2, 0.25) is 0 Å². The van der Waals surface area contributed by atoms with Gasteiger partial charge in [0.1, 0.15) is 5.69 Å². The SMILES string of the molecule is CC(=O)c1ccc(NC(=O)c2csc(C(C)C)n2)cc1. The van der Waals surface area contributed by atoms with E-state index >= 15 is 0 Å². The molecule has 1 aromatic heterocycles. The van der Waals surface area contributed by atoms with Gasteiger partial charge in [0, 0.05) is 22.5 Å². The number of aromatic nitrogens is 1. The third kappa shape index (κ3) is 3.30. The van der Waals surface area contributed by atoms with Crippen molar-refractivity contribution in [2.24, 2.45) is 0 Å². The molecule has 1 N–H and O–H groups in total. The van der Waals surface area contributed by atoms with Crippen LogP contribution in [0.1, 0.15) is 52.5 Å². The first-order valence-corrected chi connectivity index (χ1v) is 7.23. The third-order valence-electron chi connectivity index (χ3n) is 2.80. The maximum absolute atomic E-state index is 12.0. The molecule has 104 valence electrons. The van der Waals surface area contributed by atoms with E-state index in [9.17, 15) is 9.59 Å². The highest BCUT2D eigenvalue weighted by Crippen LogP contribution is 2.20. The molecule has 2 aromatic rings. The molecule has 0 aliphatic heterocycles. The van der Waals surface area contributed by atoms with Crippen LogP contribution in [0, 0.1) is 0 Å².